The number of hydrogen-bond donors (Lipinski definition) is 2. The van der Waals surface area contributed by atoms with Crippen molar-refractivity contribution < 1.29 is 4.39 Å². The lowest BCUT2D eigenvalue weighted by Crippen LogP contribution is -2.47. The molecule has 0 aliphatic carbocycles. The molecule has 1 saturated heterocycles. The van der Waals surface area contributed by atoms with Crippen molar-refractivity contribution in [1.29, 1.82) is 0 Å². The average molecular weight is 524 g/mol. The topological polar surface area (TPSA) is 42.9 Å². The fourth-order valence-electron chi connectivity index (χ4n) is 3.03. The third kappa shape index (κ3) is 10.3. The lowest BCUT2D eigenvalue weighted by molar-refractivity contribution is 0.139. The number of rotatable bonds is 9. The summed E-state index contributed by atoms with van der Waals surface area (Å²) in [5.74, 6) is 2.26. The third-order valence-corrected chi connectivity index (χ3v) is 5.80. The molecule has 0 aromatic heterocycles. The highest BCUT2D eigenvalue weighted by Gasteiger charge is 2.16. The molecule has 1 unspecified atom stereocenters. The first-order valence-electron chi connectivity index (χ1n) is 9.80. The summed E-state index contributed by atoms with van der Waals surface area (Å²) in [5.41, 5.74) is 0. The number of nitrogens with zero attached hydrogens (tertiary/aromatic N) is 3. The second-order valence-corrected chi connectivity index (χ2v) is 8.41. The zero-order chi connectivity index (χ0) is 19.5. The molecule has 2 N–H and O–H groups in total. The molecule has 1 heterocycles. The number of nitrogens with one attached hydrogen (secondary N) is 2. The molecule has 160 valence electrons. The van der Waals surface area contributed by atoms with E-state index in [0.717, 1.165) is 42.7 Å². The van der Waals surface area contributed by atoms with Gasteiger partial charge in [0.2, 0.25) is 0 Å². The van der Waals surface area contributed by atoms with Gasteiger partial charge >= 0.3 is 0 Å². The number of thioether (sulfide) groups is 1. The highest BCUT2D eigenvalue weighted by molar-refractivity contribution is 14.0. The van der Waals surface area contributed by atoms with Crippen LogP contribution in [0.4, 0.5) is 4.39 Å². The van der Waals surface area contributed by atoms with E-state index in [1.54, 1.807) is 11.8 Å². The minimum absolute atomic E-state index is 0. The van der Waals surface area contributed by atoms with Crippen LogP contribution in [0, 0.1) is 11.7 Å². The molecule has 8 heteroatoms. The number of halogens is 2. The van der Waals surface area contributed by atoms with E-state index in [1.807, 2.05) is 19.2 Å². The molecule has 28 heavy (non-hydrogen) atoms. The lowest BCUT2D eigenvalue weighted by Gasteiger charge is -2.34. The number of piperazine rings is 1. The first-order valence-corrected chi connectivity index (χ1v) is 10.8. The molecule has 1 aromatic rings. The van der Waals surface area contributed by atoms with Gasteiger partial charge in [0.1, 0.15) is 5.82 Å². The lowest BCUT2D eigenvalue weighted by atomic mass is 10.1. The first kappa shape index (κ1) is 25.5. The van der Waals surface area contributed by atoms with Crippen molar-refractivity contribution in [3.05, 3.63) is 30.1 Å². The molecular weight excluding hydrogens is 488 g/mol. The zero-order valence-corrected chi connectivity index (χ0v) is 20.4. The molecule has 1 fully saturated rings. The highest BCUT2D eigenvalue weighted by atomic mass is 127. The predicted molar refractivity (Wildman–Crippen MR) is 130 cm³/mol. The van der Waals surface area contributed by atoms with Crippen LogP contribution in [0.25, 0.3) is 0 Å². The number of likely N-dealkylation sites (N-methyl/N-ethyl adjacent to an activating group) is 1. The van der Waals surface area contributed by atoms with Crippen LogP contribution in [0.15, 0.2) is 34.2 Å². The van der Waals surface area contributed by atoms with Crippen LogP contribution in [0.3, 0.4) is 0 Å². The standard InChI is InChI=1S/C20H34FN5S.HI/c1-17(16-26-12-10-25(3)11-13-26)15-24-20(22-2)23-9-4-14-27-19-7-5-18(21)6-8-19;/h5-8,17H,4,9-16H2,1-3H3,(H2,22,23,24);1H. The van der Waals surface area contributed by atoms with Gasteiger partial charge in [0.15, 0.2) is 5.96 Å². The van der Waals surface area contributed by atoms with Crippen molar-refractivity contribution in [2.24, 2.45) is 10.9 Å². The van der Waals surface area contributed by atoms with Crippen molar-refractivity contribution in [2.75, 3.05) is 65.7 Å². The van der Waals surface area contributed by atoms with Crippen LogP contribution >= 0.6 is 35.7 Å². The Balaban J connectivity index is 0.00000392. The van der Waals surface area contributed by atoms with Crippen molar-refractivity contribution in [1.82, 2.24) is 20.4 Å². The van der Waals surface area contributed by atoms with Crippen molar-refractivity contribution >= 4 is 41.7 Å². The van der Waals surface area contributed by atoms with E-state index >= 15 is 0 Å². The van der Waals surface area contributed by atoms with E-state index < -0.39 is 0 Å². The van der Waals surface area contributed by atoms with Gasteiger partial charge in [-0.1, -0.05) is 6.92 Å². The van der Waals surface area contributed by atoms with E-state index in [-0.39, 0.29) is 29.8 Å². The molecule has 1 aliphatic rings. The molecule has 2 rings (SSSR count). The largest absolute Gasteiger partial charge is 0.356 e. The zero-order valence-electron chi connectivity index (χ0n) is 17.3. The summed E-state index contributed by atoms with van der Waals surface area (Å²) in [4.78, 5) is 10.4. The Morgan fingerprint density at radius 2 is 1.86 bits per heavy atom. The van der Waals surface area contributed by atoms with Gasteiger partial charge in [0, 0.05) is 57.8 Å². The smallest absolute Gasteiger partial charge is 0.190 e. The summed E-state index contributed by atoms with van der Waals surface area (Å²) in [6.07, 6.45) is 1.03. The predicted octanol–water partition coefficient (Wildman–Crippen LogP) is 2.97. The Labute approximate surface area is 190 Å². The summed E-state index contributed by atoms with van der Waals surface area (Å²) in [5, 5.41) is 6.81. The molecule has 0 amide bonds. The van der Waals surface area contributed by atoms with Gasteiger partial charge in [-0.15, -0.1) is 35.7 Å². The minimum atomic E-state index is -0.183. The fraction of sp³-hybridized carbons (Fsp3) is 0.650. The highest BCUT2D eigenvalue weighted by Crippen LogP contribution is 2.18. The van der Waals surface area contributed by atoms with Crippen LogP contribution in [0.1, 0.15) is 13.3 Å². The van der Waals surface area contributed by atoms with E-state index in [2.05, 4.69) is 39.4 Å². The monoisotopic (exact) mass is 523 g/mol. The van der Waals surface area contributed by atoms with Gasteiger partial charge in [0.25, 0.3) is 0 Å². The maximum absolute atomic E-state index is 12.9. The van der Waals surface area contributed by atoms with E-state index in [4.69, 9.17) is 0 Å². The summed E-state index contributed by atoms with van der Waals surface area (Å²) < 4.78 is 12.9. The molecule has 0 bridgehead atoms. The summed E-state index contributed by atoms with van der Waals surface area (Å²) >= 11 is 1.75. The van der Waals surface area contributed by atoms with Gasteiger partial charge in [-0.2, -0.15) is 0 Å². The van der Waals surface area contributed by atoms with E-state index in [1.165, 1.54) is 38.3 Å². The van der Waals surface area contributed by atoms with Crippen LogP contribution in [-0.4, -0.2) is 81.4 Å². The maximum Gasteiger partial charge on any atom is 0.190 e. The molecule has 1 atom stereocenters. The molecule has 0 spiro atoms. The van der Waals surface area contributed by atoms with Crippen LogP contribution in [0.5, 0.6) is 0 Å². The SMILES string of the molecule is CN=C(NCCCSc1ccc(F)cc1)NCC(C)CN1CCN(C)CC1.I. The number of benzene rings is 1. The van der Waals surface area contributed by atoms with Crippen molar-refractivity contribution in [3.63, 3.8) is 0 Å². The summed E-state index contributed by atoms with van der Waals surface area (Å²) in [6.45, 7) is 9.89. The van der Waals surface area contributed by atoms with Gasteiger partial charge in [-0.3, -0.25) is 4.99 Å². The molecule has 0 radical (unpaired) electrons. The fourth-order valence-corrected chi connectivity index (χ4v) is 3.88. The molecule has 0 saturated carbocycles. The van der Waals surface area contributed by atoms with Crippen molar-refractivity contribution in [3.8, 4) is 0 Å². The van der Waals surface area contributed by atoms with Crippen LogP contribution < -0.4 is 10.6 Å². The Hall–Kier alpha value is -0.580. The quantitative estimate of drug-likeness (QED) is 0.171. The Kier molecular flexibility index (Phi) is 13.1. The molecule has 1 aromatic carbocycles. The second kappa shape index (κ2) is 14.4. The summed E-state index contributed by atoms with van der Waals surface area (Å²) in [7, 11) is 4.00. The van der Waals surface area contributed by atoms with Gasteiger partial charge in [-0.25, -0.2) is 4.39 Å². The number of guanidine groups is 1. The average Bonchev–Trinajstić information content (AvgIpc) is 2.67. The number of aliphatic imine (C=N–C) groups is 1. The van der Waals surface area contributed by atoms with E-state index in [0.29, 0.717) is 5.92 Å². The van der Waals surface area contributed by atoms with Gasteiger partial charge in [0.05, 0.1) is 0 Å². The Bertz CT molecular complexity index is 564. The Morgan fingerprint density at radius 3 is 2.50 bits per heavy atom. The Morgan fingerprint density at radius 1 is 1.18 bits per heavy atom. The van der Waals surface area contributed by atoms with Crippen LogP contribution in [0.2, 0.25) is 0 Å². The van der Waals surface area contributed by atoms with Gasteiger partial charge < -0.3 is 20.4 Å². The minimum Gasteiger partial charge on any atom is -0.356 e. The van der Waals surface area contributed by atoms with Crippen LogP contribution in [-0.2, 0) is 0 Å². The molecular formula is C20H35FIN5S. The third-order valence-electron chi connectivity index (χ3n) is 4.70. The molecule has 5 nitrogen and oxygen atoms in total. The normalized spacial score (nSPS) is 17.1. The van der Waals surface area contributed by atoms with Gasteiger partial charge in [-0.05, 0) is 49.4 Å². The second-order valence-electron chi connectivity index (χ2n) is 7.24. The molecule has 1 aliphatic heterocycles. The first-order chi connectivity index (χ1) is 13.1. The van der Waals surface area contributed by atoms with E-state index in [9.17, 15) is 4.39 Å². The maximum atomic E-state index is 12.9. The number of hydrogen-bond acceptors (Lipinski definition) is 4. The van der Waals surface area contributed by atoms with Crippen molar-refractivity contribution in [2.45, 2.75) is 18.2 Å². The summed E-state index contributed by atoms with van der Waals surface area (Å²) in [6, 6.07) is 6.68.